The van der Waals surface area contributed by atoms with Crippen LogP contribution >= 0.6 is 23.2 Å². The highest BCUT2D eigenvalue weighted by atomic mass is 35.5. The van der Waals surface area contributed by atoms with Gasteiger partial charge in [0.1, 0.15) is 0 Å². The Labute approximate surface area is 168 Å². The Morgan fingerprint density at radius 2 is 1.71 bits per heavy atom. The van der Waals surface area contributed by atoms with Gasteiger partial charge in [-0.2, -0.15) is 0 Å². The molecular formula is C18H10Cl2N4O4. The minimum absolute atomic E-state index is 0.165. The molecule has 0 radical (unpaired) electrons. The van der Waals surface area contributed by atoms with Gasteiger partial charge in [-0.3, -0.25) is 9.59 Å². The third-order valence-corrected chi connectivity index (χ3v) is 4.61. The van der Waals surface area contributed by atoms with E-state index in [1.165, 1.54) is 23.0 Å². The number of imide groups is 1. The molecule has 2 heterocycles. The molecule has 1 aliphatic rings. The van der Waals surface area contributed by atoms with Gasteiger partial charge in [-0.05, 0) is 29.8 Å². The number of hydrogen-bond donors (Lipinski definition) is 0. The van der Waals surface area contributed by atoms with Crippen molar-refractivity contribution in [2.24, 2.45) is 0 Å². The molecule has 2 aromatic carbocycles. The van der Waals surface area contributed by atoms with Gasteiger partial charge in [0.2, 0.25) is 0 Å². The molecule has 10 heteroatoms. The number of carbonyl (C=O) groups is 3. The number of amides is 2. The Balaban J connectivity index is 1.48. The van der Waals surface area contributed by atoms with Crippen molar-refractivity contribution in [2.75, 3.05) is 0 Å². The molecule has 28 heavy (non-hydrogen) atoms. The zero-order valence-corrected chi connectivity index (χ0v) is 15.5. The van der Waals surface area contributed by atoms with Gasteiger partial charge >= 0.3 is 5.97 Å². The predicted octanol–water partition coefficient (Wildman–Crippen LogP) is 3.00. The maximum absolute atomic E-state index is 12.3. The smallest absolute Gasteiger partial charge is 0.322 e. The van der Waals surface area contributed by atoms with Crippen molar-refractivity contribution in [1.29, 1.82) is 0 Å². The summed E-state index contributed by atoms with van der Waals surface area (Å²) in [6.07, 6.45) is 1.32. The first-order valence-corrected chi connectivity index (χ1v) is 8.74. The Kier molecular flexibility index (Phi) is 4.58. The predicted molar refractivity (Wildman–Crippen MR) is 97.9 cm³/mol. The third kappa shape index (κ3) is 3.23. The van der Waals surface area contributed by atoms with Crippen LogP contribution in [0.5, 0.6) is 0 Å². The monoisotopic (exact) mass is 416 g/mol. The van der Waals surface area contributed by atoms with Crippen LogP contribution < -0.4 is 0 Å². The zero-order valence-electron chi connectivity index (χ0n) is 14.0. The van der Waals surface area contributed by atoms with Gasteiger partial charge in [0.15, 0.2) is 5.69 Å². The van der Waals surface area contributed by atoms with Crippen molar-refractivity contribution in [3.8, 4) is 0 Å². The van der Waals surface area contributed by atoms with Crippen molar-refractivity contribution >= 4 is 41.0 Å². The molecule has 0 atom stereocenters. The van der Waals surface area contributed by atoms with Gasteiger partial charge in [-0.1, -0.05) is 51.7 Å². The SMILES string of the molecule is O=C(ON1C(=O)c2ccccc2C1=O)c1cn(Cc2ccc(Cl)cc2Cl)nn1. The van der Waals surface area contributed by atoms with Crippen molar-refractivity contribution < 1.29 is 19.2 Å². The number of halogens is 2. The first kappa shape index (κ1) is 18.1. The zero-order chi connectivity index (χ0) is 19.8. The summed E-state index contributed by atoms with van der Waals surface area (Å²) in [4.78, 5) is 41.7. The molecule has 8 nitrogen and oxygen atoms in total. The molecule has 0 bridgehead atoms. The van der Waals surface area contributed by atoms with Crippen molar-refractivity contribution in [1.82, 2.24) is 20.1 Å². The summed E-state index contributed by atoms with van der Waals surface area (Å²) in [5, 5.41) is 8.91. The van der Waals surface area contributed by atoms with Crippen LogP contribution in [0, 0.1) is 0 Å². The summed E-state index contributed by atoms with van der Waals surface area (Å²) in [6.45, 7) is 0.239. The molecule has 0 saturated heterocycles. The topological polar surface area (TPSA) is 94.4 Å². The Morgan fingerprint density at radius 1 is 1.04 bits per heavy atom. The van der Waals surface area contributed by atoms with Crippen LogP contribution in [-0.4, -0.2) is 37.8 Å². The minimum atomic E-state index is -0.983. The summed E-state index contributed by atoms with van der Waals surface area (Å²) in [7, 11) is 0. The molecule has 2 amide bonds. The lowest BCUT2D eigenvalue weighted by Gasteiger charge is -2.11. The van der Waals surface area contributed by atoms with Gasteiger partial charge in [0.05, 0.1) is 23.9 Å². The molecule has 3 aromatic rings. The number of aromatic nitrogens is 3. The van der Waals surface area contributed by atoms with E-state index in [2.05, 4.69) is 10.3 Å². The fraction of sp³-hybridized carbons (Fsp3) is 0.0556. The molecule has 4 rings (SSSR count). The molecule has 1 aromatic heterocycles. The Hall–Kier alpha value is -3.23. The minimum Gasteiger partial charge on any atom is -0.322 e. The van der Waals surface area contributed by atoms with E-state index in [0.717, 1.165) is 5.56 Å². The van der Waals surface area contributed by atoms with Gasteiger partial charge in [-0.15, -0.1) is 5.10 Å². The van der Waals surface area contributed by atoms with Crippen LogP contribution in [0.3, 0.4) is 0 Å². The summed E-state index contributed by atoms with van der Waals surface area (Å²) < 4.78 is 1.37. The molecular weight excluding hydrogens is 407 g/mol. The first-order chi connectivity index (χ1) is 13.4. The molecule has 0 aliphatic carbocycles. The maximum atomic E-state index is 12.3. The second kappa shape index (κ2) is 7.06. The van der Waals surface area contributed by atoms with Crippen molar-refractivity contribution in [2.45, 2.75) is 6.54 Å². The van der Waals surface area contributed by atoms with E-state index in [0.29, 0.717) is 15.1 Å². The van der Waals surface area contributed by atoms with Gasteiger partial charge in [0, 0.05) is 10.0 Å². The molecule has 0 unspecified atom stereocenters. The third-order valence-electron chi connectivity index (χ3n) is 4.03. The summed E-state index contributed by atoms with van der Waals surface area (Å²) >= 11 is 12.0. The lowest BCUT2D eigenvalue weighted by atomic mass is 10.1. The first-order valence-electron chi connectivity index (χ1n) is 7.98. The molecule has 0 fully saturated rings. The van der Waals surface area contributed by atoms with Gasteiger partial charge in [0.25, 0.3) is 11.8 Å². The Bertz CT molecular complexity index is 1090. The van der Waals surface area contributed by atoms with E-state index >= 15 is 0 Å². The highest BCUT2D eigenvalue weighted by Gasteiger charge is 2.39. The normalized spacial score (nSPS) is 13.0. The van der Waals surface area contributed by atoms with Crippen LogP contribution in [0.15, 0.2) is 48.7 Å². The fourth-order valence-corrected chi connectivity index (χ4v) is 3.14. The molecule has 140 valence electrons. The lowest BCUT2D eigenvalue weighted by Crippen LogP contribution is -2.32. The second-order valence-corrected chi connectivity index (χ2v) is 6.71. The van der Waals surface area contributed by atoms with Gasteiger partial charge < -0.3 is 4.84 Å². The molecule has 0 saturated carbocycles. The van der Waals surface area contributed by atoms with Crippen LogP contribution in [0.2, 0.25) is 10.0 Å². The molecule has 1 aliphatic heterocycles. The highest BCUT2D eigenvalue weighted by Crippen LogP contribution is 2.24. The number of fused-ring (bicyclic) bond motifs is 1. The number of hydroxylamine groups is 2. The lowest BCUT2D eigenvalue weighted by molar-refractivity contribution is -0.0588. The van der Waals surface area contributed by atoms with Crippen LogP contribution in [-0.2, 0) is 11.4 Å². The van der Waals surface area contributed by atoms with Crippen molar-refractivity contribution in [3.63, 3.8) is 0 Å². The van der Waals surface area contributed by atoms with E-state index in [1.807, 2.05) is 0 Å². The number of nitrogens with zero attached hydrogens (tertiary/aromatic N) is 4. The fourth-order valence-electron chi connectivity index (χ4n) is 2.67. The summed E-state index contributed by atoms with van der Waals surface area (Å²) in [6, 6.07) is 11.2. The summed E-state index contributed by atoms with van der Waals surface area (Å²) in [5.74, 6) is -2.41. The quantitative estimate of drug-likeness (QED) is 0.606. The number of carbonyl (C=O) groups excluding carboxylic acids is 3. The largest absolute Gasteiger partial charge is 0.385 e. The van der Waals surface area contributed by atoms with E-state index in [-0.39, 0.29) is 23.4 Å². The van der Waals surface area contributed by atoms with Gasteiger partial charge in [-0.25, -0.2) is 9.48 Å². The maximum Gasteiger partial charge on any atom is 0.385 e. The number of rotatable bonds is 4. The van der Waals surface area contributed by atoms with Crippen LogP contribution in [0.25, 0.3) is 0 Å². The number of hydrogen-bond acceptors (Lipinski definition) is 6. The molecule has 0 N–H and O–H groups in total. The standard InChI is InChI=1S/C18H10Cl2N4O4/c19-11-6-5-10(14(20)7-11)8-23-9-15(21-22-23)18(27)28-24-16(25)12-3-1-2-4-13(12)17(24)26/h1-7,9H,8H2. The van der Waals surface area contributed by atoms with E-state index in [4.69, 9.17) is 28.0 Å². The van der Waals surface area contributed by atoms with E-state index in [1.54, 1.807) is 30.3 Å². The molecule has 0 spiro atoms. The summed E-state index contributed by atoms with van der Waals surface area (Å²) in [5.41, 5.74) is 0.889. The number of benzene rings is 2. The highest BCUT2D eigenvalue weighted by molar-refractivity contribution is 6.35. The Morgan fingerprint density at radius 3 is 2.36 bits per heavy atom. The van der Waals surface area contributed by atoms with Crippen molar-refractivity contribution in [3.05, 3.63) is 81.1 Å². The average Bonchev–Trinajstić information content (AvgIpc) is 3.24. The second-order valence-electron chi connectivity index (χ2n) is 5.87. The van der Waals surface area contributed by atoms with Crippen LogP contribution in [0.1, 0.15) is 36.8 Å². The van der Waals surface area contributed by atoms with E-state index in [9.17, 15) is 14.4 Å². The van der Waals surface area contributed by atoms with E-state index < -0.39 is 17.8 Å². The van der Waals surface area contributed by atoms with Crippen LogP contribution in [0.4, 0.5) is 0 Å². The average molecular weight is 417 g/mol.